The van der Waals surface area contributed by atoms with Gasteiger partial charge < -0.3 is 50.0 Å². The van der Waals surface area contributed by atoms with Gasteiger partial charge in [-0.15, -0.1) is 0 Å². The smallest absolute Gasteiger partial charge is 0.306 e. The lowest BCUT2D eigenvalue weighted by molar-refractivity contribution is -0.140. The van der Waals surface area contributed by atoms with E-state index in [0.29, 0.717) is 30.4 Å². The summed E-state index contributed by atoms with van der Waals surface area (Å²) in [5.41, 5.74) is 6.70. The summed E-state index contributed by atoms with van der Waals surface area (Å²) in [5, 5.41) is 43.9. The van der Waals surface area contributed by atoms with Gasteiger partial charge in [-0.05, 0) is 78.6 Å². The summed E-state index contributed by atoms with van der Waals surface area (Å²) >= 11 is 13.3. The molecule has 6 N–H and O–H groups in total. The number of nitrogens with one attached hydrogen (secondary N) is 2. The minimum atomic E-state index is -1.12. The quantitative estimate of drug-likeness (QED) is 0.0353. The maximum Gasteiger partial charge on any atom is 0.306 e. The molecule has 0 saturated carbocycles. The molecule has 0 aliphatic heterocycles. The number of benzene rings is 2. The molecule has 0 bridgehead atoms. The molecule has 0 saturated heterocycles. The Morgan fingerprint density at radius 3 is 1.75 bits per heavy atom. The fourth-order valence-electron chi connectivity index (χ4n) is 6.58. The summed E-state index contributed by atoms with van der Waals surface area (Å²) < 4.78 is 24.1. The molecule has 1 amide bonds. The van der Waals surface area contributed by atoms with Crippen LogP contribution in [0.4, 0.5) is 0 Å². The minimum absolute atomic E-state index is 0.000939. The van der Waals surface area contributed by atoms with Crippen molar-refractivity contribution < 1.29 is 58.6 Å². The first-order valence-electron chi connectivity index (χ1n) is 20.9. The number of hydrogen-bond donors (Lipinski definition) is 6. The standard InChI is InChI=1S/C46H56Cl2N4O12/c1-5-33(53)15-17-61-43-29(9-6-12-34(54)21-41(57)58)19-38(47)45(51-43)63-25-30-10-7-13-36(27(30)2)37-14-8-11-31(28(37)3)26-64-46-39(48)20-32(23-50-24-35(55)22-42(59)60)44(52-46)62-18-16-40(56)49-4/h7-8,10-11,13-14,19-20,34-35,50,54-55H,5-6,9,12,15-18,21-26H2,1-4H3,(H,49,56)(H,57,58)(H,59,60)/t34-,35+/m1/s1. The van der Waals surface area contributed by atoms with E-state index >= 15 is 0 Å². The lowest BCUT2D eigenvalue weighted by atomic mass is 9.92. The zero-order valence-corrected chi connectivity index (χ0v) is 37.9. The molecule has 64 heavy (non-hydrogen) atoms. The zero-order chi connectivity index (χ0) is 46.8. The van der Waals surface area contributed by atoms with Gasteiger partial charge in [0.15, 0.2) is 0 Å². The second kappa shape index (κ2) is 25.7. The van der Waals surface area contributed by atoms with Gasteiger partial charge in [-0.2, -0.15) is 9.97 Å². The molecule has 0 unspecified atom stereocenters. The largest absolute Gasteiger partial charge is 0.481 e. The van der Waals surface area contributed by atoms with E-state index in [1.165, 1.54) is 7.05 Å². The molecular weight excluding hydrogens is 871 g/mol. The van der Waals surface area contributed by atoms with Crippen molar-refractivity contribution in [3.63, 3.8) is 0 Å². The number of aliphatic hydroxyl groups is 2. The SMILES string of the molecule is CCC(=O)CCOc1nc(OCc2cccc(-c3cccc(COc4nc(OCCC(=O)NC)c(CNC[C@@H](O)CC(=O)O)cc4Cl)c3C)c2C)c(Cl)cc1CCC[C@@H](O)CC(=O)O. The van der Waals surface area contributed by atoms with E-state index in [1.807, 2.05) is 50.2 Å². The number of carbonyl (C=O) groups is 4. The summed E-state index contributed by atoms with van der Waals surface area (Å²) in [6.45, 7) is 6.24. The van der Waals surface area contributed by atoms with E-state index in [9.17, 15) is 29.4 Å². The van der Waals surface area contributed by atoms with E-state index < -0.39 is 30.6 Å². The predicted octanol–water partition coefficient (Wildman–Crippen LogP) is 6.57. The lowest BCUT2D eigenvalue weighted by Crippen LogP contribution is -2.28. The molecule has 0 aliphatic carbocycles. The van der Waals surface area contributed by atoms with Gasteiger partial charge in [0.2, 0.25) is 29.4 Å². The maximum absolute atomic E-state index is 12.0. The van der Waals surface area contributed by atoms with Gasteiger partial charge in [-0.1, -0.05) is 66.5 Å². The van der Waals surface area contributed by atoms with Crippen LogP contribution >= 0.6 is 23.2 Å². The van der Waals surface area contributed by atoms with E-state index in [2.05, 4.69) is 20.6 Å². The van der Waals surface area contributed by atoms with Crippen LogP contribution in [0.15, 0.2) is 48.5 Å². The second-order valence-corrected chi connectivity index (χ2v) is 15.8. The van der Waals surface area contributed by atoms with Crippen molar-refractivity contribution >= 4 is 46.8 Å². The summed E-state index contributed by atoms with van der Waals surface area (Å²) in [6, 6.07) is 15.0. The van der Waals surface area contributed by atoms with Crippen molar-refractivity contribution in [1.82, 2.24) is 20.6 Å². The number of aliphatic hydroxyl groups excluding tert-OH is 2. The maximum atomic E-state index is 12.0. The molecule has 0 spiro atoms. The Labute approximate surface area is 382 Å². The fraction of sp³-hybridized carbons (Fsp3) is 0.435. The fourth-order valence-corrected chi connectivity index (χ4v) is 7.04. The summed E-state index contributed by atoms with van der Waals surface area (Å²) in [5.74, 6) is -1.74. The van der Waals surface area contributed by atoms with Crippen molar-refractivity contribution in [1.29, 1.82) is 0 Å². The molecule has 346 valence electrons. The van der Waals surface area contributed by atoms with Crippen LogP contribution in [0, 0.1) is 13.8 Å². The Morgan fingerprint density at radius 1 is 0.703 bits per heavy atom. The number of nitrogens with zero attached hydrogens (tertiary/aromatic N) is 2. The van der Waals surface area contributed by atoms with Crippen molar-refractivity contribution in [2.24, 2.45) is 0 Å². The third-order valence-electron chi connectivity index (χ3n) is 10.2. The number of carboxylic acid groups (broad SMARTS) is 2. The first-order chi connectivity index (χ1) is 30.6. The van der Waals surface area contributed by atoms with Gasteiger partial charge in [0.05, 0.1) is 44.7 Å². The van der Waals surface area contributed by atoms with E-state index in [0.717, 1.165) is 33.4 Å². The van der Waals surface area contributed by atoms with Gasteiger partial charge in [-0.3, -0.25) is 19.2 Å². The number of aliphatic carboxylic acids is 2. The summed E-state index contributed by atoms with van der Waals surface area (Å²) in [7, 11) is 1.52. The Balaban J connectivity index is 1.51. The van der Waals surface area contributed by atoms with Crippen LogP contribution in [0.1, 0.15) is 85.3 Å². The van der Waals surface area contributed by atoms with Gasteiger partial charge in [0.1, 0.15) is 29.0 Å². The van der Waals surface area contributed by atoms with Crippen LogP contribution in [0.25, 0.3) is 11.1 Å². The van der Waals surface area contributed by atoms with E-state index in [4.69, 9.17) is 52.4 Å². The molecular formula is C46H56Cl2N4O12. The number of pyridine rings is 2. The highest BCUT2D eigenvalue weighted by atomic mass is 35.5. The molecule has 0 fully saturated rings. The molecule has 4 aromatic rings. The Bertz CT molecular complexity index is 2090. The molecule has 2 heterocycles. The second-order valence-electron chi connectivity index (χ2n) is 15.0. The van der Waals surface area contributed by atoms with Gasteiger partial charge >= 0.3 is 11.9 Å². The van der Waals surface area contributed by atoms with E-state index in [-0.39, 0.29) is 110 Å². The zero-order valence-electron chi connectivity index (χ0n) is 36.4. The topological polar surface area (TPSA) is 236 Å². The number of carbonyl (C=O) groups excluding carboxylic acids is 2. The highest BCUT2D eigenvalue weighted by molar-refractivity contribution is 6.32. The molecule has 2 atom stereocenters. The Morgan fingerprint density at radius 2 is 1.22 bits per heavy atom. The molecule has 2 aromatic heterocycles. The number of Topliss-reactive ketones (excluding diaryl/α,β-unsaturated/α-hetero) is 1. The summed E-state index contributed by atoms with van der Waals surface area (Å²) in [6.07, 6.45) is -1.11. The number of amides is 1. The molecule has 16 nitrogen and oxygen atoms in total. The minimum Gasteiger partial charge on any atom is -0.481 e. The molecule has 0 aliphatic rings. The highest BCUT2D eigenvalue weighted by Crippen LogP contribution is 2.35. The first kappa shape index (κ1) is 51.1. The third kappa shape index (κ3) is 15.9. The van der Waals surface area contributed by atoms with Crippen molar-refractivity contribution in [2.75, 3.05) is 26.8 Å². The van der Waals surface area contributed by atoms with Crippen LogP contribution in [-0.4, -0.2) is 93.0 Å². The number of ether oxygens (including phenoxy) is 4. The van der Waals surface area contributed by atoms with Crippen LogP contribution in [0.2, 0.25) is 10.0 Å². The van der Waals surface area contributed by atoms with Crippen molar-refractivity contribution in [3.05, 3.63) is 92.0 Å². The number of ketones is 1. The summed E-state index contributed by atoms with van der Waals surface area (Å²) in [4.78, 5) is 54.9. The first-order valence-corrected chi connectivity index (χ1v) is 21.7. The number of carboxylic acids is 2. The monoisotopic (exact) mass is 926 g/mol. The number of aromatic nitrogens is 2. The predicted molar refractivity (Wildman–Crippen MR) is 239 cm³/mol. The third-order valence-corrected chi connectivity index (χ3v) is 10.8. The van der Waals surface area contributed by atoms with Gasteiger partial charge in [0, 0.05) is 44.1 Å². The normalized spacial score (nSPS) is 12.0. The Hall–Kier alpha value is -5.52. The molecule has 4 rings (SSSR count). The molecule has 18 heteroatoms. The van der Waals surface area contributed by atoms with E-state index in [1.54, 1.807) is 19.1 Å². The number of hydrogen-bond acceptors (Lipinski definition) is 13. The average Bonchev–Trinajstić information content (AvgIpc) is 3.24. The number of halogens is 2. The van der Waals surface area contributed by atoms with Crippen LogP contribution < -0.4 is 29.6 Å². The van der Waals surface area contributed by atoms with Crippen molar-refractivity contribution in [3.8, 4) is 34.6 Å². The van der Waals surface area contributed by atoms with Crippen molar-refractivity contribution in [2.45, 2.75) is 104 Å². The highest BCUT2D eigenvalue weighted by Gasteiger charge is 2.19. The lowest BCUT2D eigenvalue weighted by Gasteiger charge is -2.18. The van der Waals surface area contributed by atoms with Gasteiger partial charge in [0.25, 0.3) is 0 Å². The Kier molecular flexibility index (Phi) is 20.5. The van der Waals surface area contributed by atoms with Crippen LogP contribution in [-0.2, 0) is 45.4 Å². The number of aryl methyl sites for hydroxylation is 1. The molecule has 2 aromatic carbocycles. The van der Waals surface area contributed by atoms with Crippen LogP contribution in [0.5, 0.6) is 23.5 Å². The molecule has 0 radical (unpaired) electrons. The van der Waals surface area contributed by atoms with Crippen LogP contribution in [0.3, 0.4) is 0 Å². The average molecular weight is 928 g/mol. The van der Waals surface area contributed by atoms with Gasteiger partial charge in [-0.25, -0.2) is 0 Å². The number of rotatable bonds is 28.